The lowest BCUT2D eigenvalue weighted by Gasteiger charge is -2.34. The van der Waals surface area contributed by atoms with E-state index >= 15 is 0 Å². The van der Waals surface area contributed by atoms with E-state index in [4.69, 9.17) is 4.74 Å². The maximum atomic E-state index is 12.3. The number of hydrogen-bond donors (Lipinski definition) is 0. The molecule has 2 aromatic rings. The molecule has 2 heterocycles. The molecule has 0 saturated carbocycles. The number of benzene rings is 1. The molecule has 0 aliphatic carbocycles. The monoisotopic (exact) mass is 346 g/mol. The van der Waals surface area contributed by atoms with E-state index in [0.717, 1.165) is 29.0 Å². The van der Waals surface area contributed by atoms with Crippen LogP contribution >= 0.6 is 11.3 Å². The minimum atomic E-state index is 0.0290. The van der Waals surface area contributed by atoms with Gasteiger partial charge in [-0.3, -0.25) is 4.79 Å². The smallest absolute Gasteiger partial charge is 0.260 e. The highest BCUT2D eigenvalue weighted by Gasteiger charge is 2.23. The van der Waals surface area contributed by atoms with Crippen LogP contribution in [0.3, 0.4) is 0 Å². The van der Waals surface area contributed by atoms with Crippen LogP contribution in [0.4, 0.5) is 5.13 Å². The molecule has 0 atom stereocenters. The van der Waals surface area contributed by atoms with Crippen LogP contribution in [0.5, 0.6) is 5.75 Å². The van der Waals surface area contributed by atoms with Crippen molar-refractivity contribution in [1.82, 2.24) is 15.1 Å². The van der Waals surface area contributed by atoms with Crippen molar-refractivity contribution in [3.63, 3.8) is 0 Å². The summed E-state index contributed by atoms with van der Waals surface area (Å²) in [5.41, 5.74) is 2.39. The number of aryl methyl sites for hydroxylation is 3. The van der Waals surface area contributed by atoms with E-state index in [1.165, 1.54) is 11.1 Å². The highest BCUT2D eigenvalue weighted by Crippen LogP contribution is 2.21. The van der Waals surface area contributed by atoms with E-state index in [2.05, 4.69) is 22.0 Å². The number of hydrogen-bond acceptors (Lipinski definition) is 6. The molecule has 0 N–H and O–H groups in total. The largest absolute Gasteiger partial charge is 0.484 e. The van der Waals surface area contributed by atoms with Gasteiger partial charge in [-0.25, -0.2) is 0 Å². The molecule has 0 radical (unpaired) electrons. The fraction of sp³-hybridized carbons (Fsp3) is 0.471. The Hall–Kier alpha value is -2.15. The maximum absolute atomic E-state index is 12.3. The predicted molar refractivity (Wildman–Crippen MR) is 94.9 cm³/mol. The summed E-state index contributed by atoms with van der Waals surface area (Å²) in [6.45, 7) is 9.07. The molecule has 7 heteroatoms. The van der Waals surface area contributed by atoms with Crippen LogP contribution in [0, 0.1) is 20.8 Å². The average Bonchev–Trinajstić information content (AvgIpc) is 3.02. The van der Waals surface area contributed by atoms with Gasteiger partial charge in [-0.15, -0.1) is 10.2 Å². The second-order valence-electron chi connectivity index (χ2n) is 6.01. The minimum absolute atomic E-state index is 0.0290. The summed E-state index contributed by atoms with van der Waals surface area (Å²) in [4.78, 5) is 16.4. The Morgan fingerprint density at radius 3 is 2.50 bits per heavy atom. The molecular weight excluding hydrogens is 324 g/mol. The normalized spacial score (nSPS) is 14.8. The van der Waals surface area contributed by atoms with Crippen molar-refractivity contribution in [3.05, 3.63) is 34.3 Å². The molecule has 6 nitrogen and oxygen atoms in total. The first-order valence-corrected chi connectivity index (χ1v) is 8.87. The van der Waals surface area contributed by atoms with Crippen LogP contribution in [0.2, 0.25) is 0 Å². The van der Waals surface area contributed by atoms with Gasteiger partial charge in [0.1, 0.15) is 10.8 Å². The number of aromatic nitrogens is 2. The van der Waals surface area contributed by atoms with Crippen molar-refractivity contribution >= 4 is 22.4 Å². The van der Waals surface area contributed by atoms with Gasteiger partial charge in [-0.05, 0) is 44.0 Å². The molecule has 0 unspecified atom stereocenters. The Morgan fingerprint density at radius 1 is 1.12 bits per heavy atom. The quantitative estimate of drug-likeness (QED) is 0.849. The molecule has 3 rings (SSSR count). The molecule has 1 aromatic heterocycles. The first-order chi connectivity index (χ1) is 11.5. The third kappa shape index (κ3) is 3.84. The van der Waals surface area contributed by atoms with Gasteiger partial charge in [0.25, 0.3) is 5.91 Å². The fourth-order valence-corrected chi connectivity index (χ4v) is 3.34. The first-order valence-electron chi connectivity index (χ1n) is 8.06. The number of ether oxygens (including phenoxy) is 1. The molecule has 1 amide bonds. The summed E-state index contributed by atoms with van der Waals surface area (Å²) >= 11 is 1.59. The molecule has 128 valence electrons. The third-order valence-electron chi connectivity index (χ3n) is 4.26. The molecule has 1 saturated heterocycles. The van der Waals surface area contributed by atoms with Gasteiger partial charge < -0.3 is 14.5 Å². The number of anilines is 1. The fourth-order valence-electron chi connectivity index (χ4n) is 2.60. The Morgan fingerprint density at radius 2 is 1.88 bits per heavy atom. The molecule has 1 aliphatic rings. The van der Waals surface area contributed by atoms with Crippen LogP contribution < -0.4 is 9.64 Å². The van der Waals surface area contributed by atoms with E-state index in [-0.39, 0.29) is 12.5 Å². The number of nitrogens with zero attached hydrogens (tertiary/aromatic N) is 4. The van der Waals surface area contributed by atoms with Crippen molar-refractivity contribution < 1.29 is 9.53 Å². The second kappa shape index (κ2) is 7.17. The van der Waals surface area contributed by atoms with E-state index in [0.29, 0.717) is 13.1 Å². The lowest BCUT2D eigenvalue weighted by atomic mass is 10.1. The van der Waals surface area contributed by atoms with Crippen molar-refractivity contribution in [2.24, 2.45) is 0 Å². The minimum Gasteiger partial charge on any atom is -0.484 e. The Balaban J connectivity index is 1.49. The van der Waals surface area contributed by atoms with Gasteiger partial charge in [-0.2, -0.15) is 0 Å². The zero-order chi connectivity index (χ0) is 17.1. The highest BCUT2D eigenvalue weighted by atomic mass is 32.1. The van der Waals surface area contributed by atoms with Gasteiger partial charge in [0.15, 0.2) is 6.61 Å². The number of piperazine rings is 1. The van der Waals surface area contributed by atoms with Crippen molar-refractivity contribution in [3.8, 4) is 5.75 Å². The summed E-state index contributed by atoms with van der Waals surface area (Å²) in [7, 11) is 0. The summed E-state index contributed by atoms with van der Waals surface area (Å²) in [6, 6.07) is 5.89. The number of amides is 1. The lowest BCUT2D eigenvalue weighted by Crippen LogP contribution is -2.50. The van der Waals surface area contributed by atoms with E-state index in [1.807, 2.05) is 36.9 Å². The standard InChI is InChI=1S/C17H22N4O2S/c1-12-4-5-15(10-13(12)2)23-11-16(22)20-6-8-21(9-7-20)17-19-18-14(3)24-17/h4-5,10H,6-9,11H2,1-3H3. The van der Waals surface area contributed by atoms with Gasteiger partial charge >= 0.3 is 0 Å². The summed E-state index contributed by atoms with van der Waals surface area (Å²) in [5.74, 6) is 0.774. The van der Waals surface area contributed by atoms with Crippen LogP contribution in [-0.4, -0.2) is 53.8 Å². The lowest BCUT2D eigenvalue weighted by molar-refractivity contribution is -0.133. The topological polar surface area (TPSA) is 58.6 Å². The molecule has 0 bridgehead atoms. The Bertz CT molecular complexity index is 723. The zero-order valence-electron chi connectivity index (χ0n) is 14.3. The van der Waals surface area contributed by atoms with E-state index < -0.39 is 0 Å². The van der Waals surface area contributed by atoms with Crippen molar-refractivity contribution in [2.75, 3.05) is 37.7 Å². The van der Waals surface area contributed by atoms with Crippen LogP contribution in [0.15, 0.2) is 18.2 Å². The van der Waals surface area contributed by atoms with Crippen molar-refractivity contribution in [2.45, 2.75) is 20.8 Å². The van der Waals surface area contributed by atoms with Crippen molar-refractivity contribution in [1.29, 1.82) is 0 Å². The van der Waals surface area contributed by atoms with Crippen LogP contribution in [0.1, 0.15) is 16.1 Å². The molecule has 24 heavy (non-hydrogen) atoms. The zero-order valence-corrected chi connectivity index (χ0v) is 15.1. The third-order valence-corrected chi connectivity index (χ3v) is 5.16. The van der Waals surface area contributed by atoms with Gasteiger partial charge in [0.05, 0.1) is 0 Å². The summed E-state index contributed by atoms with van der Waals surface area (Å²) in [6.07, 6.45) is 0. The second-order valence-corrected chi connectivity index (χ2v) is 7.17. The first kappa shape index (κ1) is 16.7. The molecular formula is C17H22N4O2S. The van der Waals surface area contributed by atoms with Gasteiger partial charge in [-0.1, -0.05) is 17.4 Å². The predicted octanol–water partition coefficient (Wildman–Crippen LogP) is 2.19. The average molecular weight is 346 g/mol. The van der Waals surface area contributed by atoms with Gasteiger partial charge in [0.2, 0.25) is 5.13 Å². The molecule has 1 fully saturated rings. The maximum Gasteiger partial charge on any atom is 0.260 e. The van der Waals surface area contributed by atoms with Crippen LogP contribution in [0.25, 0.3) is 0 Å². The summed E-state index contributed by atoms with van der Waals surface area (Å²) < 4.78 is 5.65. The Kier molecular flexibility index (Phi) is 4.99. The van der Waals surface area contributed by atoms with E-state index in [1.54, 1.807) is 11.3 Å². The molecule has 1 aliphatic heterocycles. The van der Waals surface area contributed by atoms with Gasteiger partial charge in [0, 0.05) is 26.2 Å². The van der Waals surface area contributed by atoms with Crippen LogP contribution in [-0.2, 0) is 4.79 Å². The molecule has 1 aromatic carbocycles. The number of carbonyl (C=O) groups is 1. The Labute approximate surface area is 146 Å². The number of carbonyl (C=O) groups excluding carboxylic acids is 1. The SMILES string of the molecule is Cc1nnc(N2CCN(C(=O)COc3ccc(C)c(C)c3)CC2)s1. The summed E-state index contributed by atoms with van der Waals surface area (Å²) in [5, 5.41) is 10.1. The number of rotatable bonds is 4. The highest BCUT2D eigenvalue weighted by molar-refractivity contribution is 7.15. The molecule has 0 spiro atoms. The van der Waals surface area contributed by atoms with E-state index in [9.17, 15) is 4.79 Å².